The van der Waals surface area contributed by atoms with Gasteiger partial charge in [-0.1, -0.05) is 29.6 Å². The molecule has 0 radical (unpaired) electrons. The molecule has 0 bridgehead atoms. The standard InChI is InChI=1S/C19H24N6O2S.C15H17N5OS/c1-19(2,3)25-15-11(14(23-25)16(20)26)5-6-12-13(15)21-18(28-4)22-17(12)24-7-9-27-10-8-24;1-15(2,3)20-12-9(11(19-20)13(16)21)6-5-8-7-17-14(22-4)18-10(8)12/h5-6H,7-10H2,1-4H3,(H2,20,26);5-7H,1-4H3,(H2,16,21). The van der Waals surface area contributed by atoms with Gasteiger partial charge in [-0.25, -0.2) is 19.9 Å². The number of benzene rings is 2. The fourth-order valence-electron chi connectivity index (χ4n) is 5.97. The largest absolute Gasteiger partial charge is 0.378 e. The van der Waals surface area contributed by atoms with E-state index in [1.54, 1.807) is 6.20 Å². The molecule has 4 aromatic heterocycles. The first-order chi connectivity index (χ1) is 23.6. The van der Waals surface area contributed by atoms with E-state index in [1.165, 1.54) is 23.5 Å². The van der Waals surface area contributed by atoms with E-state index in [0.717, 1.165) is 57.1 Å². The fraction of sp³-hybridized carbons (Fsp3) is 0.412. The molecule has 5 heterocycles. The van der Waals surface area contributed by atoms with E-state index in [9.17, 15) is 9.59 Å². The second-order valence-corrected chi connectivity index (χ2v) is 15.4. The number of ether oxygens (including phenoxy) is 1. The smallest absolute Gasteiger partial charge is 0.269 e. The van der Waals surface area contributed by atoms with Gasteiger partial charge in [-0.2, -0.15) is 10.2 Å². The zero-order valence-electron chi connectivity index (χ0n) is 29.4. The van der Waals surface area contributed by atoms with E-state index < -0.39 is 11.8 Å². The third-order valence-electron chi connectivity index (χ3n) is 8.25. The van der Waals surface area contributed by atoms with Crippen LogP contribution in [0, 0.1) is 0 Å². The molecule has 16 heteroatoms. The molecule has 0 saturated carbocycles. The summed E-state index contributed by atoms with van der Waals surface area (Å²) in [4.78, 5) is 44.5. The lowest BCUT2D eigenvalue weighted by Gasteiger charge is -2.29. The summed E-state index contributed by atoms with van der Waals surface area (Å²) in [5, 5.41) is 13.6. The summed E-state index contributed by atoms with van der Waals surface area (Å²) in [6.07, 6.45) is 5.68. The average molecular weight is 716 g/mol. The van der Waals surface area contributed by atoms with E-state index in [4.69, 9.17) is 26.2 Å². The number of hydrogen-bond acceptors (Lipinski definition) is 12. The third kappa shape index (κ3) is 6.42. The van der Waals surface area contributed by atoms with Gasteiger partial charge < -0.3 is 21.1 Å². The van der Waals surface area contributed by atoms with Crippen LogP contribution in [0.15, 0.2) is 40.8 Å². The van der Waals surface area contributed by atoms with E-state index >= 15 is 0 Å². The summed E-state index contributed by atoms with van der Waals surface area (Å²) in [5.74, 6) is -0.187. The molecule has 1 aliphatic heterocycles. The van der Waals surface area contributed by atoms with Crippen LogP contribution in [0.4, 0.5) is 5.82 Å². The highest BCUT2D eigenvalue weighted by molar-refractivity contribution is 7.98. The van der Waals surface area contributed by atoms with Crippen molar-refractivity contribution in [1.82, 2.24) is 39.5 Å². The van der Waals surface area contributed by atoms with Crippen molar-refractivity contribution in [2.24, 2.45) is 11.5 Å². The summed E-state index contributed by atoms with van der Waals surface area (Å²) < 4.78 is 9.17. The van der Waals surface area contributed by atoms with E-state index in [0.29, 0.717) is 28.9 Å². The van der Waals surface area contributed by atoms with E-state index in [2.05, 4.69) is 25.1 Å². The number of rotatable bonds is 5. The highest BCUT2D eigenvalue weighted by Gasteiger charge is 2.28. The predicted molar refractivity (Wildman–Crippen MR) is 199 cm³/mol. The van der Waals surface area contributed by atoms with Gasteiger partial charge in [-0.15, -0.1) is 0 Å². The topological polar surface area (TPSA) is 186 Å². The van der Waals surface area contributed by atoms with E-state index in [-0.39, 0.29) is 22.5 Å². The van der Waals surface area contributed by atoms with Crippen molar-refractivity contribution < 1.29 is 14.3 Å². The number of aromatic nitrogens is 8. The van der Waals surface area contributed by atoms with Crippen LogP contribution in [-0.2, 0) is 15.8 Å². The Hall–Kier alpha value is -4.54. The minimum absolute atomic E-state index is 0.268. The fourth-order valence-corrected chi connectivity index (χ4v) is 6.67. The Bertz CT molecular complexity index is 2280. The normalized spacial score (nSPS) is 14.0. The first-order valence-corrected chi connectivity index (χ1v) is 18.5. The van der Waals surface area contributed by atoms with Gasteiger partial charge in [0.1, 0.15) is 16.9 Å². The minimum atomic E-state index is -0.542. The second kappa shape index (κ2) is 13.3. The number of nitrogens with two attached hydrogens (primary N) is 2. The van der Waals surface area contributed by atoms with Crippen LogP contribution >= 0.6 is 23.5 Å². The highest BCUT2D eigenvalue weighted by atomic mass is 32.2. The highest BCUT2D eigenvalue weighted by Crippen LogP contribution is 2.36. The number of nitrogens with zero attached hydrogens (tertiary/aromatic N) is 9. The molecule has 0 aliphatic carbocycles. The van der Waals surface area contributed by atoms with Crippen molar-refractivity contribution in [1.29, 1.82) is 0 Å². The molecule has 1 fully saturated rings. The molecular formula is C34H41N11O3S2. The Morgan fingerprint density at radius 3 is 1.74 bits per heavy atom. The summed E-state index contributed by atoms with van der Waals surface area (Å²) in [5.41, 5.74) is 14.2. The Morgan fingerprint density at radius 2 is 1.22 bits per heavy atom. The number of fused-ring (bicyclic) bond motifs is 6. The quantitative estimate of drug-likeness (QED) is 0.181. The number of anilines is 1. The lowest BCUT2D eigenvalue weighted by Crippen LogP contribution is -2.37. The molecule has 2 aromatic carbocycles. The maximum atomic E-state index is 12.0. The molecule has 7 rings (SSSR count). The molecule has 0 unspecified atom stereocenters. The van der Waals surface area contributed by atoms with Gasteiger partial charge in [-0.05, 0) is 72.3 Å². The van der Waals surface area contributed by atoms with Gasteiger partial charge in [0.25, 0.3) is 11.8 Å². The molecule has 4 N–H and O–H groups in total. The van der Waals surface area contributed by atoms with Crippen LogP contribution in [0.3, 0.4) is 0 Å². The van der Waals surface area contributed by atoms with Gasteiger partial charge >= 0.3 is 0 Å². The average Bonchev–Trinajstić information content (AvgIpc) is 3.69. The van der Waals surface area contributed by atoms with Crippen molar-refractivity contribution in [3.05, 3.63) is 41.9 Å². The van der Waals surface area contributed by atoms with E-state index in [1.807, 2.05) is 87.7 Å². The Morgan fingerprint density at radius 1 is 0.720 bits per heavy atom. The molecule has 262 valence electrons. The zero-order chi connectivity index (χ0) is 36.1. The van der Waals surface area contributed by atoms with Crippen LogP contribution in [0.5, 0.6) is 0 Å². The van der Waals surface area contributed by atoms with Crippen molar-refractivity contribution in [3.63, 3.8) is 0 Å². The molecular weight excluding hydrogens is 675 g/mol. The summed E-state index contributed by atoms with van der Waals surface area (Å²) >= 11 is 2.97. The minimum Gasteiger partial charge on any atom is -0.378 e. The predicted octanol–water partition coefficient (Wildman–Crippen LogP) is 4.95. The number of hydrogen-bond donors (Lipinski definition) is 2. The second-order valence-electron chi connectivity index (χ2n) is 13.8. The number of amides is 2. The summed E-state index contributed by atoms with van der Waals surface area (Å²) in [7, 11) is 0. The van der Waals surface area contributed by atoms with Crippen LogP contribution in [0.1, 0.15) is 62.5 Å². The van der Waals surface area contributed by atoms with Crippen LogP contribution in [0.25, 0.3) is 43.6 Å². The number of morpholine rings is 1. The molecule has 1 aliphatic rings. The molecule has 0 atom stereocenters. The van der Waals surface area contributed by atoms with Gasteiger partial charge in [0.05, 0.1) is 35.3 Å². The van der Waals surface area contributed by atoms with Crippen LogP contribution in [0.2, 0.25) is 0 Å². The van der Waals surface area contributed by atoms with Gasteiger partial charge in [0, 0.05) is 40.8 Å². The first-order valence-electron chi connectivity index (χ1n) is 16.1. The molecule has 50 heavy (non-hydrogen) atoms. The van der Waals surface area contributed by atoms with Crippen molar-refractivity contribution in [2.75, 3.05) is 43.7 Å². The monoisotopic (exact) mass is 715 g/mol. The SMILES string of the molecule is CSc1nc(N2CCOCC2)c2ccc3c(C(N)=O)nn(C(C)(C)C)c3c2n1.CSc1ncc2ccc3c(C(N)=O)nn(C(C)(C)C)c3c2n1. The lowest BCUT2D eigenvalue weighted by molar-refractivity contribution is 0.0987. The van der Waals surface area contributed by atoms with Crippen LogP contribution in [-0.4, -0.2) is 90.1 Å². The van der Waals surface area contributed by atoms with Crippen molar-refractivity contribution in [2.45, 2.75) is 62.9 Å². The van der Waals surface area contributed by atoms with Gasteiger partial charge in [-0.3, -0.25) is 19.0 Å². The molecule has 1 saturated heterocycles. The van der Waals surface area contributed by atoms with Crippen molar-refractivity contribution >= 4 is 84.8 Å². The number of thioether (sulfide) groups is 2. The summed E-state index contributed by atoms with van der Waals surface area (Å²) in [6, 6.07) is 7.62. The zero-order valence-corrected chi connectivity index (χ0v) is 31.1. The number of carbonyl (C=O) groups is 2. The molecule has 0 spiro atoms. The van der Waals surface area contributed by atoms with Gasteiger partial charge in [0.2, 0.25) is 0 Å². The third-order valence-corrected chi connectivity index (χ3v) is 9.36. The van der Waals surface area contributed by atoms with Crippen molar-refractivity contribution in [3.8, 4) is 0 Å². The number of carbonyl (C=O) groups excluding carboxylic acids is 2. The summed E-state index contributed by atoms with van der Waals surface area (Å²) in [6.45, 7) is 15.1. The van der Waals surface area contributed by atoms with Crippen LogP contribution < -0.4 is 16.4 Å². The Kier molecular flexibility index (Phi) is 9.39. The molecule has 2 amide bonds. The maximum absolute atomic E-state index is 12.0. The Balaban J connectivity index is 0.000000178. The van der Waals surface area contributed by atoms with Gasteiger partial charge in [0.15, 0.2) is 21.7 Å². The molecule has 14 nitrogen and oxygen atoms in total. The lowest BCUT2D eigenvalue weighted by atomic mass is 10.1. The maximum Gasteiger partial charge on any atom is 0.269 e. The number of primary amides is 2. The first kappa shape index (κ1) is 35.3. The Labute approximate surface area is 297 Å². The molecule has 6 aromatic rings.